The molecule has 0 unspecified atom stereocenters. The van der Waals surface area contributed by atoms with Gasteiger partial charge in [0.15, 0.2) is 0 Å². The zero-order valence-corrected chi connectivity index (χ0v) is 15.4. The number of nitrogens with one attached hydrogen (secondary N) is 2. The molecule has 0 radical (unpaired) electrons. The number of carbonyl (C=O) groups is 1. The SMILES string of the molecule is COc1ccc(Cl)cc1C(=O)NNS(=O)(=O)c1cc(C)ccc1OC. The van der Waals surface area contributed by atoms with Gasteiger partial charge in [-0.15, -0.1) is 4.83 Å². The van der Waals surface area contributed by atoms with Gasteiger partial charge in [0.2, 0.25) is 0 Å². The number of sulfonamides is 1. The molecule has 2 aromatic rings. The standard InChI is InChI=1S/C16H17ClN2O5S/c1-10-4-6-14(24-3)15(8-10)25(21,22)19-18-16(20)12-9-11(17)5-7-13(12)23-2/h4-9,19H,1-3H3,(H,18,20). The number of hydrogen-bond donors (Lipinski definition) is 2. The molecule has 0 aromatic heterocycles. The largest absolute Gasteiger partial charge is 0.496 e. The molecule has 9 heteroatoms. The highest BCUT2D eigenvalue weighted by Crippen LogP contribution is 2.25. The number of methoxy groups -OCH3 is 2. The molecular formula is C16H17ClN2O5S. The third-order valence-electron chi connectivity index (χ3n) is 3.31. The van der Waals surface area contributed by atoms with Crippen molar-refractivity contribution in [3.05, 3.63) is 52.5 Å². The molecule has 0 fully saturated rings. The lowest BCUT2D eigenvalue weighted by Gasteiger charge is -2.13. The first-order valence-corrected chi connectivity index (χ1v) is 8.95. The van der Waals surface area contributed by atoms with Crippen molar-refractivity contribution in [1.82, 2.24) is 10.3 Å². The molecule has 0 heterocycles. The highest BCUT2D eigenvalue weighted by atomic mass is 35.5. The Hall–Kier alpha value is -2.29. The molecule has 0 saturated carbocycles. The lowest BCUT2D eigenvalue weighted by molar-refractivity contribution is 0.0942. The van der Waals surface area contributed by atoms with Crippen LogP contribution >= 0.6 is 11.6 Å². The van der Waals surface area contributed by atoms with Gasteiger partial charge in [-0.3, -0.25) is 10.2 Å². The molecule has 0 bridgehead atoms. The van der Waals surface area contributed by atoms with Crippen LogP contribution in [-0.2, 0) is 10.0 Å². The Kier molecular flexibility index (Phi) is 5.89. The number of hydrazine groups is 1. The highest BCUT2D eigenvalue weighted by molar-refractivity contribution is 7.89. The Labute approximate surface area is 150 Å². The van der Waals surface area contributed by atoms with E-state index in [9.17, 15) is 13.2 Å². The summed E-state index contributed by atoms with van der Waals surface area (Å²) >= 11 is 5.87. The Morgan fingerprint density at radius 3 is 2.32 bits per heavy atom. The number of ether oxygens (including phenoxy) is 2. The van der Waals surface area contributed by atoms with Crippen molar-refractivity contribution in [2.75, 3.05) is 14.2 Å². The van der Waals surface area contributed by atoms with Crippen LogP contribution in [0.1, 0.15) is 15.9 Å². The van der Waals surface area contributed by atoms with Gasteiger partial charge in [0, 0.05) is 5.02 Å². The lowest BCUT2D eigenvalue weighted by atomic mass is 10.2. The Bertz CT molecular complexity index is 899. The minimum absolute atomic E-state index is 0.0895. The maximum absolute atomic E-state index is 12.5. The summed E-state index contributed by atoms with van der Waals surface area (Å²) in [6.45, 7) is 1.74. The van der Waals surface area contributed by atoms with Crippen molar-refractivity contribution in [1.29, 1.82) is 0 Å². The summed E-state index contributed by atoms with van der Waals surface area (Å²) in [7, 11) is -1.29. The summed E-state index contributed by atoms with van der Waals surface area (Å²) in [6.07, 6.45) is 0. The lowest BCUT2D eigenvalue weighted by Crippen LogP contribution is -2.41. The molecule has 0 spiro atoms. The second-order valence-corrected chi connectivity index (χ2v) is 7.15. The Morgan fingerprint density at radius 1 is 1.04 bits per heavy atom. The van der Waals surface area contributed by atoms with E-state index in [0.717, 1.165) is 5.56 Å². The monoisotopic (exact) mass is 384 g/mol. The van der Waals surface area contributed by atoms with Crippen LogP contribution in [0.2, 0.25) is 5.02 Å². The number of hydrogen-bond acceptors (Lipinski definition) is 5. The fourth-order valence-electron chi connectivity index (χ4n) is 2.09. The average Bonchev–Trinajstić information content (AvgIpc) is 2.59. The molecule has 25 heavy (non-hydrogen) atoms. The number of aryl methyl sites for hydroxylation is 1. The molecule has 2 aromatic carbocycles. The van der Waals surface area contributed by atoms with Crippen molar-refractivity contribution in [3.8, 4) is 11.5 Å². The highest BCUT2D eigenvalue weighted by Gasteiger charge is 2.21. The van der Waals surface area contributed by atoms with E-state index in [0.29, 0.717) is 5.02 Å². The zero-order chi connectivity index (χ0) is 18.6. The Morgan fingerprint density at radius 2 is 1.68 bits per heavy atom. The van der Waals surface area contributed by atoms with Crippen LogP contribution in [0.5, 0.6) is 11.5 Å². The van der Waals surface area contributed by atoms with Gasteiger partial charge < -0.3 is 9.47 Å². The second kappa shape index (κ2) is 7.73. The van der Waals surface area contributed by atoms with E-state index in [1.54, 1.807) is 19.1 Å². The fraction of sp³-hybridized carbons (Fsp3) is 0.188. The summed E-state index contributed by atoms with van der Waals surface area (Å²) in [5.41, 5.74) is 2.96. The number of carbonyl (C=O) groups excluding carboxylic acids is 1. The van der Waals surface area contributed by atoms with Gasteiger partial charge in [-0.05, 0) is 42.8 Å². The van der Waals surface area contributed by atoms with Crippen LogP contribution in [0.3, 0.4) is 0 Å². The van der Waals surface area contributed by atoms with Crippen LogP contribution in [0.15, 0.2) is 41.3 Å². The Balaban J connectivity index is 2.25. The number of halogens is 1. The second-order valence-electron chi connectivity index (χ2n) is 5.06. The molecule has 7 nitrogen and oxygen atoms in total. The van der Waals surface area contributed by atoms with Crippen molar-refractivity contribution in [2.24, 2.45) is 0 Å². The van der Waals surface area contributed by atoms with Crippen LogP contribution in [0.4, 0.5) is 0 Å². The van der Waals surface area contributed by atoms with E-state index in [1.165, 1.54) is 38.5 Å². The molecule has 2 N–H and O–H groups in total. The van der Waals surface area contributed by atoms with Gasteiger partial charge in [-0.2, -0.15) is 0 Å². The van der Waals surface area contributed by atoms with Gasteiger partial charge in [-0.1, -0.05) is 17.7 Å². The van der Waals surface area contributed by atoms with E-state index in [4.69, 9.17) is 21.1 Å². The molecule has 134 valence electrons. The number of rotatable bonds is 6. The van der Waals surface area contributed by atoms with E-state index >= 15 is 0 Å². The fourth-order valence-corrected chi connectivity index (χ4v) is 3.35. The van der Waals surface area contributed by atoms with Gasteiger partial charge in [-0.25, -0.2) is 8.42 Å². The van der Waals surface area contributed by atoms with Crippen LogP contribution in [0.25, 0.3) is 0 Å². The molecule has 0 aliphatic rings. The first-order chi connectivity index (χ1) is 11.8. The zero-order valence-electron chi connectivity index (χ0n) is 13.8. The van der Waals surface area contributed by atoms with Gasteiger partial charge in [0.1, 0.15) is 16.4 Å². The average molecular weight is 385 g/mol. The van der Waals surface area contributed by atoms with Crippen molar-refractivity contribution < 1.29 is 22.7 Å². The normalized spacial score (nSPS) is 11.0. The summed E-state index contributed by atoms with van der Waals surface area (Å²) in [6, 6.07) is 9.12. The van der Waals surface area contributed by atoms with Crippen molar-refractivity contribution in [3.63, 3.8) is 0 Å². The van der Waals surface area contributed by atoms with E-state index < -0.39 is 15.9 Å². The minimum atomic E-state index is -4.04. The maximum Gasteiger partial charge on any atom is 0.270 e. The smallest absolute Gasteiger partial charge is 0.270 e. The number of amides is 1. The quantitative estimate of drug-likeness (QED) is 0.745. The summed E-state index contributed by atoms with van der Waals surface area (Å²) in [5.74, 6) is -0.295. The third kappa shape index (κ3) is 4.41. The van der Waals surface area contributed by atoms with E-state index in [-0.39, 0.29) is 22.0 Å². The molecule has 0 atom stereocenters. The van der Waals surface area contributed by atoms with Crippen LogP contribution in [-0.4, -0.2) is 28.5 Å². The molecule has 0 aliphatic carbocycles. The number of benzene rings is 2. The predicted octanol–water partition coefficient (Wildman–Crippen LogP) is 2.29. The topological polar surface area (TPSA) is 93.7 Å². The minimum Gasteiger partial charge on any atom is -0.496 e. The van der Waals surface area contributed by atoms with Gasteiger partial charge in [0.05, 0.1) is 19.8 Å². The van der Waals surface area contributed by atoms with Crippen LogP contribution in [0, 0.1) is 6.92 Å². The third-order valence-corrected chi connectivity index (χ3v) is 4.82. The molecule has 2 rings (SSSR count). The first-order valence-electron chi connectivity index (χ1n) is 7.09. The van der Waals surface area contributed by atoms with Gasteiger partial charge in [0.25, 0.3) is 15.9 Å². The van der Waals surface area contributed by atoms with E-state index in [1.807, 2.05) is 4.83 Å². The predicted molar refractivity (Wildman–Crippen MR) is 93.5 cm³/mol. The molecule has 0 saturated heterocycles. The van der Waals surface area contributed by atoms with Gasteiger partial charge >= 0.3 is 0 Å². The summed E-state index contributed by atoms with van der Waals surface area (Å²) in [4.78, 5) is 14.2. The molecule has 1 amide bonds. The van der Waals surface area contributed by atoms with Crippen LogP contribution < -0.4 is 19.7 Å². The molecule has 0 aliphatic heterocycles. The first kappa shape index (κ1) is 19.0. The maximum atomic E-state index is 12.5. The molecular weight excluding hydrogens is 368 g/mol. The summed E-state index contributed by atoms with van der Waals surface area (Å²) < 4.78 is 35.1. The van der Waals surface area contributed by atoms with E-state index in [2.05, 4.69) is 5.43 Å². The summed E-state index contributed by atoms with van der Waals surface area (Å²) in [5, 5.41) is 0.314. The van der Waals surface area contributed by atoms with Crippen molar-refractivity contribution >= 4 is 27.5 Å². The van der Waals surface area contributed by atoms with Crippen molar-refractivity contribution in [2.45, 2.75) is 11.8 Å².